The largest absolute Gasteiger partial charge is 0.331 e. The van der Waals surface area contributed by atoms with Gasteiger partial charge >= 0.3 is 0 Å². The van der Waals surface area contributed by atoms with Crippen molar-refractivity contribution < 1.29 is 0 Å². The second kappa shape index (κ2) is 7.28. The van der Waals surface area contributed by atoms with Crippen LogP contribution < -0.4 is 16.2 Å². The van der Waals surface area contributed by atoms with Crippen molar-refractivity contribution in [3.05, 3.63) is 67.1 Å². The van der Waals surface area contributed by atoms with Gasteiger partial charge in [0.2, 0.25) is 5.95 Å². The van der Waals surface area contributed by atoms with Gasteiger partial charge in [-0.3, -0.25) is 15.8 Å². The Labute approximate surface area is 139 Å². The highest BCUT2D eigenvalue weighted by Gasteiger charge is 2.02. The van der Waals surface area contributed by atoms with Gasteiger partial charge in [-0.05, 0) is 42.5 Å². The topological polar surface area (TPSA) is 74.8 Å². The van der Waals surface area contributed by atoms with Crippen molar-refractivity contribution in [1.29, 1.82) is 0 Å². The number of hydrogen-bond acceptors (Lipinski definition) is 5. The molecular formula is C16H14N6S. The molecule has 0 radical (unpaired) electrons. The maximum Gasteiger partial charge on any atom is 0.242 e. The Bertz CT molecular complexity index is 779. The minimum Gasteiger partial charge on any atom is -0.331 e. The molecule has 23 heavy (non-hydrogen) atoms. The SMILES string of the molecule is S=C(NNc1nccc(-c2cccnc2)n1)Nc1ccccc1. The van der Waals surface area contributed by atoms with Crippen molar-refractivity contribution in [2.75, 3.05) is 10.7 Å². The monoisotopic (exact) mass is 322 g/mol. The van der Waals surface area contributed by atoms with Crippen LogP contribution in [-0.4, -0.2) is 20.1 Å². The summed E-state index contributed by atoms with van der Waals surface area (Å²) in [6, 6.07) is 15.3. The molecule has 0 saturated heterocycles. The first kappa shape index (κ1) is 14.9. The zero-order chi connectivity index (χ0) is 15.9. The Hall–Kier alpha value is -3.06. The quantitative estimate of drug-likeness (QED) is 0.504. The van der Waals surface area contributed by atoms with Gasteiger partial charge in [0.15, 0.2) is 5.11 Å². The van der Waals surface area contributed by atoms with E-state index in [1.165, 1.54) is 0 Å². The predicted octanol–water partition coefficient (Wildman–Crippen LogP) is 2.85. The molecule has 6 nitrogen and oxygen atoms in total. The highest BCUT2D eigenvalue weighted by molar-refractivity contribution is 7.80. The number of para-hydroxylation sites is 1. The van der Waals surface area contributed by atoms with Crippen molar-refractivity contribution in [2.24, 2.45) is 0 Å². The lowest BCUT2D eigenvalue weighted by molar-refractivity contribution is 1.04. The zero-order valence-electron chi connectivity index (χ0n) is 12.1. The number of nitrogens with one attached hydrogen (secondary N) is 3. The van der Waals surface area contributed by atoms with Crippen LogP contribution in [0.1, 0.15) is 0 Å². The van der Waals surface area contributed by atoms with Crippen LogP contribution >= 0.6 is 12.2 Å². The molecule has 0 atom stereocenters. The summed E-state index contributed by atoms with van der Waals surface area (Å²) in [7, 11) is 0. The van der Waals surface area contributed by atoms with Crippen LogP contribution in [0.15, 0.2) is 67.1 Å². The molecule has 114 valence electrons. The molecule has 3 rings (SSSR count). The predicted molar refractivity (Wildman–Crippen MR) is 94.7 cm³/mol. The van der Waals surface area contributed by atoms with Gasteiger partial charge in [-0.15, -0.1) is 0 Å². The molecular weight excluding hydrogens is 308 g/mol. The van der Waals surface area contributed by atoms with E-state index in [0.717, 1.165) is 16.9 Å². The Morgan fingerprint density at radius 3 is 2.61 bits per heavy atom. The normalized spacial score (nSPS) is 9.91. The molecule has 0 aliphatic carbocycles. The molecule has 1 aromatic carbocycles. The van der Waals surface area contributed by atoms with Gasteiger partial charge in [0.05, 0.1) is 5.69 Å². The van der Waals surface area contributed by atoms with E-state index < -0.39 is 0 Å². The number of benzene rings is 1. The van der Waals surface area contributed by atoms with Crippen molar-refractivity contribution >= 4 is 29.0 Å². The van der Waals surface area contributed by atoms with Gasteiger partial charge in [0.1, 0.15) is 0 Å². The van der Waals surface area contributed by atoms with Crippen LogP contribution in [0.2, 0.25) is 0 Å². The summed E-state index contributed by atoms with van der Waals surface area (Å²) in [6.07, 6.45) is 5.15. The van der Waals surface area contributed by atoms with E-state index in [-0.39, 0.29) is 0 Å². The maximum absolute atomic E-state index is 5.21. The van der Waals surface area contributed by atoms with Crippen LogP contribution in [0, 0.1) is 0 Å². The number of hydrogen-bond donors (Lipinski definition) is 3. The Morgan fingerprint density at radius 2 is 1.83 bits per heavy atom. The molecule has 7 heteroatoms. The number of pyridine rings is 1. The van der Waals surface area contributed by atoms with E-state index in [4.69, 9.17) is 12.2 Å². The van der Waals surface area contributed by atoms with E-state index in [9.17, 15) is 0 Å². The lowest BCUT2D eigenvalue weighted by atomic mass is 10.2. The van der Waals surface area contributed by atoms with E-state index in [2.05, 4.69) is 31.1 Å². The number of thiocarbonyl (C=S) groups is 1. The lowest BCUT2D eigenvalue weighted by Gasteiger charge is -2.11. The van der Waals surface area contributed by atoms with E-state index in [0.29, 0.717) is 11.1 Å². The summed E-state index contributed by atoms with van der Waals surface area (Å²) >= 11 is 5.21. The van der Waals surface area contributed by atoms with Gasteiger partial charge in [-0.25, -0.2) is 9.97 Å². The zero-order valence-corrected chi connectivity index (χ0v) is 12.9. The molecule has 0 unspecified atom stereocenters. The number of aromatic nitrogens is 3. The summed E-state index contributed by atoms with van der Waals surface area (Å²) < 4.78 is 0. The highest BCUT2D eigenvalue weighted by Crippen LogP contribution is 2.15. The highest BCUT2D eigenvalue weighted by atomic mass is 32.1. The molecule has 0 saturated carbocycles. The third-order valence-electron chi connectivity index (χ3n) is 2.93. The number of hydrazine groups is 1. The second-order valence-electron chi connectivity index (χ2n) is 4.58. The fraction of sp³-hybridized carbons (Fsp3) is 0. The maximum atomic E-state index is 5.21. The van der Waals surface area contributed by atoms with Crippen molar-refractivity contribution in [1.82, 2.24) is 20.4 Å². The first-order chi connectivity index (χ1) is 11.3. The summed E-state index contributed by atoms with van der Waals surface area (Å²) in [6.45, 7) is 0. The molecule has 2 heterocycles. The average molecular weight is 322 g/mol. The van der Waals surface area contributed by atoms with E-state index >= 15 is 0 Å². The molecule has 2 aromatic heterocycles. The summed E-state index contributed by atoms with van der Waals surface area (Å²) in [5.74, 6) is 0.420. The van der Waals surface area contributed by atoms with Crippen LogP contribution in [0.25, 0.3) is 11.3 Å². The number of anilines is 2. The van der Waals surface area contributed by atoms with Gasteiger partial charge in [0.25, 0.3) is 0 Å². The number of rotatable bonds is 4. The molecule has 0 aliphatic heterocycles. The Kier molecular flexibility index (Phi) is 4.70. The van der Waals surface area contributed by atoms with Crippen molar-refractivity contribution in [3.63, 3.8) is 0 Å². The molecule has 0 aliphatic rings. The number of nitrogens with zero attached hydrogens (tertiary/aromatic N) is 3. The minimum atomic E-state index is 0.420. The third-order valence-corrected chi connectivity index (χ3v) is 3.14. The standard InChI is InChI=1S/C16H14N6S/c23-16(19-13-6-2-1-3-7-13)22-21-15-18-10-8-14(20-15)12-5-4-9-17-11-12/h1-11H,(H,18,20,21)(H2,19,22,23). The summed E-state index contributed by atoms with van der Waals surface area (Å²) in [5.41, 5.74) is 8.33. The first-order valence-corrected chi connectivity index (χ1v) is 7.33. The molecule has 3 aromatic rings. The molecule has 0 amide bonds. The fourth-order valence-corrected chi connectivity index (χ4v) is 2.06. The molecule has 0 fully saturated rings. The van der Waals surface area contributed by atoms with Gasteiger partial charge in [0, 0.05) is 29.8 Å². The Balaban J connectivity index is 1.61. The summed E-state index contributed by atoms with van der Waals surface area (Å²) in [5, 5.41) is 3.47. The van der Waals surface area contributed by atoms with Crippen molar-refractivity contribution in [3.8, 4) is 11.3 Å². The van der Waals surface area contributed by atoms with Crippen LogP contribution in [0.5, 0.6) is 0 Å². The fourth-order valence-electron chi connectivity index (χ4n) is 1.89. The second-order valence-corrected chi connectivity index (χ2v) is 4.99. The van der Waals surface area contributed by atoms with Crippen LogP contribution in [-0.2, 0) is 0 Å². The van der Waals surface area contributed by atoms with Gasteiger partial charge in [-0.1, -0.05) is 18.2 Å². The van der Waals surface area contributed by atoms with Crippen LogP contribution in [0.4, 0.5) is 11.6 Å². The molecule has 0 spiro atoms. The Morgan fingerprint density at radius 1 is 0.957 bits per heavy atom. The summed E-state index contributed by atoms with van der Waals surface area (Å²) in [4.78, 5) is 12.6. The lowest BCUT2D eigenvalue weighted by Crippen LogP contribution is -2.34. The molecule has 3 N–H and O–H groups in total. The van der Waals surface area contributed by atoms with Crippen LogP contribution in [0.3, 0.4) is 0 Å². The van der Waals surface area contributed by atoms with Gasteiger partial charge in [-0.2, -0.15) is 0 Å². The first-order valence-electron chi connectivity index (χ1n) is 6.93. The van der Waals surface area contributed by atoms with E-state index in [1.807, 2.05) is 48.5 Å². The molecule has 0 bridgehead atoms. The average Bonchev–Trinajstić information content (AvgIpc) is 2.62. The third kappa shape index (κ3) is 4.21. The van der Waals surface area contributed by atoms with Crippen molar-refractivity contribution in [2.45, 2.75) is 0 Å². The van der Waals surface area contributed by atoms with E-state index in [1.54, 1.807) is 18.6 Å². The smallest absolute Gasteiger partial charge is 0.242 e. The van der Waals surface area contributed by atoms with Gasteiger partial charge < -0.3 is 5.32 Å². The minimum absolute atomic E-state index is 0.420.